The summed E-state index contributed by atoms with van der Waals surface area (Å²) in [7, 11) is 0. The molecule has 2 heterocycles. The van der Waals surface area contributed by atoms with Crippen molar-refractivity contribution in [3.63, 3.8) is 0 Å². The average Bonchev–Trinajstić information content (AvgIpc) is 3.28. The molecule has 0 unspecified atom stereocenters. The van der Waals surface area contributed by atoms with E-state index in [-0.39, 0.29) is 0 Å². The summed E-state index contributed by atoms with van der Waals surface area (Å²) in [6.07, 6.45) is -0.816. The van der Waals surface area contributed by atoms with Crippen molar-refractivity contribution in [2.45, 2.75) is 39.4 Å². The number of allylic oxidation sites excluding steroid dienone is 1. The molecule has 1 aromatic carbocycles. The number of likely N-dealkylation sites (tertiary alicyclic amines) is 1. The number of aliphatic imine (C=N–C) groups is 1. The molecule has 0 radical (unpaired) electrons. The number of piperidine rings is 1. The van der Waals surface area contributed by atoms with E-state index in [0.29, 0.717) is 40.8 Å². The summed E-state index contributed by atoms with van der Waals surface area (Å²) in [5.41, 5.74) is 5.85. The fourth-order valence-electron chi connectivity index (χ4n) is 3.97. The van der Waals surface area contributed by atoms with Gasteiger partial charge in [0.1, 0.15) is 17.4 Å². The molecule has 0 aliphatic carbocycles. The Bertz CT molecular complexity index is 1110. The Hall–Kier alpha value is -3.33. The molecule has 1 aromatic heterocycles. The summed E-state index contributed by atoms with van der Waals surface area (Å²) in [4.78, 5) is 17.8. The highest BCUT2D eigenvalue weighted by Crippen LogP contribution is 2.32. The van der Waals surface area contributed by atoms with Gasteiger partial charge in [-0.2, -0.15) is 13.2 Å². The van der Waals surface area contributed by atoms with E-state index in [0.717, 1.165) is 50.4 Å². The number of halogens is 3. The number of carbonyl (C=O) groups is 1. The van der Waals surface area contributed by atoms with Crippen molar-refractivity contribution in [2.24, 2.45) is 16.6 Å². The van der Waals surface area contributed by atoms with Gasteiger partial charge in [-0.05, 0) is 69.5 Å². The molecular formula is C26H31F3N4O2. The lowest BCUT2D eigenvalue weighted by Crippen LogP contribution is -2.39. The van der Waals surface area contributed by atoms with Crippen LogP contribution in [0.25, 0.3) is 11.3 Å². The molecule has 3 N–H and O–H groups in total. The molecule has 0 bridgehead atoms. The number of amidine groups is 1. The van der Waals surface area contributed by atoms with E-state index in [4.69, 9.17) is 10.2 Å². The molecule has 3 rings (SSSR count). The summed E-state index contributed by atoms with van der Waals surface area (Å²) >= 11 is 0. The van der Waals surface area contributed by atoms with Crippen molar-refractivity contribution in [1.29, 1.82) is 0 Å². The highest BCUT2D eigenvalue weighted by molar-refractivity contribution is 5.92. The lowest BCUT2D eigenvalue weighted by molar-refractivity contribution is -0.137. The molecule has 0 spiro atoms. The van der Waals surface area contributed by atoms with Crippen LogP contribution in [0.3, 0.4) is 0 Å². The summed E-state index contributed by atoms with van der Waals surface area (Å²) in [6, 6.07) is 8.61. The van der Waals surface area contributed by atoms with Crippen LogP contribution in [0.1, 0.15) is 38.0 Å². The summed E-state index contributed by atoms with van der Waals surface area (Å²) in [5, 5.41) is 3.39. The van der Waals surface area contributed by atoms with Crippen LogP contribution >= 0.6 is 0 Å². The van der Waals surface area contributed by atoms with E-state index in [1.54, 1.807) is 31.2 Å². The van der Waals surface area contributed by atoms with E-state index in [1.807, 2.05) is 6.92 Å². The summed E-state index contributed by atoms with van der Waals surface area (Å²) in [5.74, 6) is 1.95. The average molecular weight is 489 g/mol. The number of primary amides is 1. The zero-order chi connectivity index (χ0) is 25.6. The molecule has 35 heavy (non-hydrogen) atoms. The highest BCUT2D eigenvalue weighted by Gasteiger charge is 2.30. The first kappa shape index (κ1) is 26.3. The zero-order valence-corrected chi connectivity index (χ0v) is 20.0. The van der Waals surface area contributed by atoms with E-state index < -0.39 is 17.6 Å². The number of nitrogens with two attached hydrogens (primary N) is 1. The van der Waals surface area contributed by atoms with Crippen molar-refractivity contribution in [3.8, 4) is 11.3 Å². The monoisotopic (exact) mass is 488 g/mol. The van der Waals surface area contributed by atoms with Gasteiger partial charge in [0.2, 0.25) is 5.91 Å². The van der Waals surface area contributed by atoms with Gasteiger partial charge in [0, 0.05) is 24.2 Å². The Morgan fingerprint density at radius 1 is 1.26 bits per heavy atom. The topological polar surface area (TPSA) is 83.9 Å². The predicted octanol–water partition coefficient (Wildman–Crippen LogP) is 5.13. The predicted molar refractivity (Wildman–Crippen MR) is 130 cm³/mol. The SMILES string of the molecule is C=C(/C=C(\C)C(N)=O)N=C(C)N1CCC(CNCc2ccc(-c3cccc(C(F)(F)F)c3)o2)CC1. The van der Waals surface area contributed by atoms with Gasteiger partial charge in [-0.15, -0.1) is 0 Å². The smallest absolute Gasteiger partial charge is 0.416 e. The minimum absolute atomic E-state index is 0.401. The molecule has 1 amide bonds. The van der Waals surface area contributed by atoms with Crippen LogP contribution in [0.15, 0.2) is 69.7 Å². The highest BCUT2D eigenvalue weighted by atomic mass is 19.4. The fraction of sp³-hybridized carbons (Fsp3) is 0.385. The van der Waals surface area contributed by atoms with Gasteiger partial charge in [-0.25, -0.2) is 4.99 Å². The first-order chi connectivity index (χ1) is 16.5. The fourth-order valence-corrected chi connectivity index (χ4v) is 3.97. The van der Waals surface area contributed by atoms with Gasteiger partial charge in [0.15, 0.2) is 0 Å². The number of amides is 1. The molecule has 1 aliphatic rings. The van der Waals surface area contributed by atoms with Gasteiger partial charge in [0.25, 0.3) is 0 Å². The third-order valence-electron chi connectivity index (χ3n) is 6.02. The maximum atomic E-state index is 13.0. The van der Waals surface area contributed by atoms with Crippen LogP contribution in [0.2, 0.25) is 0 Å². The Labute approximate surface area is 203 Å². The minimum Gasteiger partial charge on any atom is -0.460 e. The molecule has 1 saturated heterocycles. The molecule has 0 atom stereocenters. The second-order valence-electron chi connectivity index (χ2n) is 8.75. The van der Waals surface area contributed by atoms with Crippen molar-refractivity contribution >= 4 is 11.7 Å². The Kier molecular flexibility index (Phi) is 8.56. The molecule has 9 heteroatoms. The molecule has 2 aromatic rings. The third-order valence-corrected chi connectivity index (χ3v) is 6.02. The summed E-state index contributed by atoms with van der Waals surface area (Å²) < 4.78 is 44.6. The Morgan fingerprint density at radius 3 is 2.63 bits per heavy atom. The molecule has 6 nitrogen and oxygen atoms in total. The van der Waals surface area contributed by atoms with Crippen molar-refractivity contribution < 1.29 is 22.4 Å². The molecule has 1 aliphatic heterocycles. The number of alkyl halides is 3. The second-order valence-corrected chi connectivity index (χ2v) is 8.75. The lowest BCUT2D eigenvalue weighted by atomic mass is 9.96. The maximum absolute atomic E-state index is 13.0. The minimum atomic E-state index is -4.39. The number of hydrogen-bond acceptors (Lipinski definition) is 4. The first-order valence-electron chi connectivity index (χ1n) is 11.5. The number of carbonyl (C=O) groups excluding carboxylic acids is 1. The van der Waals surface area contributed by atoms with Crippen LogP contribution in [0.5, 0.6) is 0 Å². The molecule has 1 fully saturated rings. The maximum Gasteiger partial charge on any atom is 0.416 e. The molecular weight excluding hydrogens is 457 g/mol. The standard InChI is InChI=1S/C26H31F3N4O2/c1-17(25(30)34)13-18(2)32-19(3)33-11-9-20(10-12-33)15-31-16-23-7-8-24(35-23)21-5-4-6-22(14-21)26(27,28)29/h4-8,13-14,20,31H,2,9-12,15-16H2,1,3H3,(H2,30,34)/b17-13+,32-19?. The number of benzene rings is 1. The molecule has 0 saturated carbocycles. The number of nitrogens with zero attached hydrogens (tertiary/aromatic N) is 2. The second kappa shape index (κ2) is 11.4. The summed E-state index contributed by atoms with van der Waals surface area (Å²) in [6.45, 7) is 10.5. The number of rotatable bonds is 8. The van der Waals surface area contributed by atoms with E-state index in [9.17, 15) is 18.0 Å². The quantitative estimate of drug-likeness (QED) is 0.234. The van der Waals surface area contributed by atoms with Crippen molar-refractivity contribution in [3.05, 3.63) is 71.6 Å². The van der Waals surface area contributed by atoms with Crippen LogP contribution < -0.4 is 11.1 Å². The molecule has 188 valence electrons. The first-order valence-corrected chi connectivity index (χ1v) is 11.5. The van der Waals surface area contributed by atoms with Gasteiger partial charge >= 0.3 is 6.18 Å². The zero-order valence-electron chi connectivity index (χ0n) is 20.0. The van der Waals surface area contributed by atoms with Crippen LogP contribution in [0.4, 0.5) is 13.2 Å². The van der Waals surface area contributed by atoms with Gasteiger partial charge < -0.3 is 20.4 Å². The third kappa shape index (κ3) is 7.58. The van der Waals surface area contributed by atoms with Crippen molar-refractivity contribution in [1.82, 2.24) is 10.2 Å². The Balaban J connectivity index is 1.45. The van der Waals surface area contributed by atoms with Crippen LogP contribution in [-0.4, -0.2) is 36.3 Å². The number of nitrogens with one attached hydrogen (secondary N) is 1. The van der Waals surface area contributed by atoms with Gasteiger partial charge in [-0.3, -0.25) is 4.79 Å². The van der Waals surface area contributed by atoms with E-state index >= 15 is 0 Å². The van der Waals surface area contributed by atoms with Gasteiger partial charge in [-0.1, -0.05) is 18.7 Å². The van der Waals surface area contributed by atoms with Crippen molar-refractivity contribution in [2.75, 3.05) is 19.6 Å². The van der Waals surface area contributed by atoms with Crippen LogP contribution in [-0.2, 0) is 17.5 Å². The van der Waals surface area contributed by atoms with Crippen LogP contribution in [0, 0.1) is 5.92 Å². The van der Waals surface area contributed by atoms with E-state index in [2.05, 4.69) is 21.8 Å². The number of furan rings is 1. The van der Waals surface area contributed by atoms with E-state index in [1.165, 1.54) is 6.07 Å². The Morgan fingerprint density at radius 2 is 1.97 bits per heavy atom. The van der Waals surface area contributed by atoms with Gasteiger partial charge in [0.05, 0.1) is 17.8 Å². The normalized spacial score (nSPS) is 16.0. The lowest BCUT2D eigenvalue weighted by Gasteiger charge is -2.33. The number of hydrogen-bond donors (Lipinski definition) is 2. The largest absolute Gasteiger partial charge is 0.460 e.